The van der Waals surface area contributed by atoms with Crippen LogP contribution in [0, 0.1) is 11.3 Å². The third-order valence-corrected chi connectivity index (χ3v) is 4.67. The van der Waals surface area contributed by atoms with E-state index in [9.17, 15) is 9.90 Å². The highest BCUT2D eigenvalue weighted by Gasteiger charge is 2.45. The van der Waals surface area contributed by atoms with Crippen LogP contribution < -0.4 is 0 Å². The van der Waals surface area contributed by atoms with E-state index in [-0.39, 0.29) is 0 Å². The monoisotopic (exact) mass is 240 g/mol. The van der Waals surface area contributed by atoms with Crippen molar-refractivity contribution in [2.75, 3.05) is 13.2 Å². The average Bonchev–Trinajstić information content (AvgIpc) is 2.30. The standard InChI is InChI=1S/C14H24O3/c15-13(16)14(12-6-10-17-11-7-12)8-4-2-1-3-5-9-14/h12H,1-11H2,(H,15,16). The van der Waals surface area contributed by atoms with Crippen molar-refractivity contribution in [2.45, 2.75) is 57.8 Å². The number of carboxylic acids is 1. The summed E-state index contributed by atoms with van der Waals surface area (Å²) in [5.74, 6) is -0.210. The lowest BCUT2D eigenvalue weighted by molar-refractivity contribution is -0.157. The van der Waals surface area contributed by atoms with E-state index in [0.29, 0.717) is 5.92 Å². The van der Waals surface area contributed by atoms with Crippen molar-refractivity contribution in [1.29, 1.82) is 0 Å². The molecule has 0 aromatic carbocycles. The first-order valence-electron chi connectivity index (χ1n) is 7.07. The largest absolute Gasteiger partial charge is 0.481 e. The fraction of sp³-hybridized carbons (Fsp3) is 0.929. The van der Waals surface area contributed by atoms with E-state index in [0.717, 1.165) is 51.7 Å². The van der Waals surface area contributed by atoms with E-state index in [4.69, 9.17) is 4.74 Å². The van der Waals surface area contributed by atoms with Gasteiger partial charge in [-0.1, -0.05) is 32.1 Å². The maximum absolute atomic E-state index is 11.8. The van der Waals surface area contributed by atoms with Crippen LogP contribution >= 0.6 is 0 Å². The normalized spacial score (nSPS) is 27.1. The Balaban J connectivity index is 2.12. The van der Waals surface area contributed by atoms with Gasteiger partial charge in [0.25, 0.3) is 0 Å². The molecular weight excluding hydrogens is 216 g/mol. The molecule has 0 aromatic heterocycles. The third kappa shape index (κ3) is 2.82. The van der Waals surface area contributed by atoms with E-state index >= 15 is 0 Å². The molecule has 1 aliphatic heterocycles. The molecule has 1 aliphatic carbocycles. The molecule has 0 spiro atoms. The molecule has 1 saturated heterocycles. The number of ether oxygens (including phenoxy) is 1. The van der Waals surface area contributed by atoms with E-state index in [1.54, 1.807) is 0 Å². The zero-order valence-corrected chi connectivity index (χ0v) is 10.6. The molecule has 2 aliphatic rings. The molecule has 3 nitrogen and oxygen atoms in total. The molecule has 0 radical (unpaired) electrons. The molecule has 0 aromatic rings. The molecule has 1 heterocycles. The molecule has 0 amide bonds. The number of aliphatic carboxylic acids is 1. The minimum absolute atomic E-state index is 0.340. The van der Waals surface area contributed by atoms with Crippen molar-refractivity contribution in [2.24, 2.45) is 11.3 Å². The third-order valence-electron chi connectivity index (χ3n) is 4.67. The van der Waals surface area contributed by atoms with Gasteiger partial charge in [0.2, 0.25) is 0 Å². The van der Waals surface area contributed by atoms with Crippen molar-refractivity contribution in [1.82, 2.24) is 0 Å². The summed E-state index contributed by atoms with van der Waals surface area (Å²) in [4.78, 5) is 11.8. The van der Waals surface area contributed by atoms with Gasteiger partial charge in [0.15, 0.2) is 0 Å². The van der Waals surface area contributed by atoms with E-state index in [1.807, 2.05) is 0 Å². The zero-order valence-electron chi connectivity index (χ0n) is 10.6. The number of rotatable bonds is 2. The van der Waals surface area contributed by atoms with Gasteiger partial charge in [-0.15, -0.1) is 0 Å². The van der Waals surface area contributed by atoms with Crippen molar-refractivity contribution >= 4 is 5.97 Å². The van der Waals surface area contributed by atoms with Crippen LogP contribution in [0.25, 0.3) is 0 Å². The topological polar surface area (TPSA) is 46.5 Å². The minimum atomic E-state index is -0.550. The summed E-state index contributed by atoms with van der Waals surface area (Å²) < 4.78 is 5.38. The Morgan fingerprint density at radius 3 is 2.06 bits per heavy atom. The molecular formula is C14H24O3. The highest BCUT2D eigenvalue weighted by Crippen LogP contribution is 2.45. The second-order valence-corrected chi connectivity index (χ2v) is 5.62. The van der Waals surface area contributed by atoms with E-state index in [2.05, 4.69) is 0 Å². The van der Waals surface area contributed by atoms with Crippen molar-refractivity contribution < 1.29 is 14.6 Å². The quantitative estimate of drug-likeness (QED) is 0.806. The van der Waals surface area contributed by atoms with Crippen molar-refractivity contribution in [3.63, 3.8) is 0 Å². The predicted molar refractivity (Wildman–Crippen MR) is 65.9 cm³/mol. The number of hydrogen-bond acceptors (Lipinski definition) is 2. The van der Waals surface area contributed by atoms with Gasteiger partial charge in [0, 0.05) is 13.2 Å². The first-order valence-corrected chi connectivity index (χ1v) is 7.07. The highest BCUT2D eigenvalue weighted by atomic mass is 16.5. The Morgan fingerprint density at radius 1 is 1.00 bits per heavy atom. The Bertz CT molecular complexity index is 248. The molecule has 2 rings (SSSR count). The zero-order chi connectivity index (χ0) is 12.1. The summed E-state index contributed by atoms with van der Waals surface area (Å²) >= 11 is 0. The molecule has 2 fully saturated rings. The van der Waals surface area contributed by atoms with Crippen LogP contribution in [-0.4, -0.2) is 24.3 Å². The molecule has 0 bridgehead atoms. The second-order valence-electron chi connectivity index (χ2n) is 5.62. The number of hydrogen-bond donors (Lipinski definition) is 1. The molecule has 98 valence electrons. The number of carbonyl (C=O) groups is 1. The molecule has 0 atom stereocenters. The Morgan fingerprint density at radius 2 is 1.53 bits per heavy atom. The molecule has 1 saturated carbocycles. The average molecular weight is 240 g/mol. The molecule has 17 heavy (non-hydrogen) atoms. The SMILES string of the molecule is O=C(O)C1(C2CCOCC2)CCCCCCC1. The summed E-state index contributed by atoms with van der Waals surface area (Å²) in [6.07, 6.45) is 9.51. The Hall–Kier alpha value is -0.570. The van der Waals surface area contributed by atoms with Crippen LogP contribution in [0.2, 0.25) is 0 Å². The van der Waals surface area contributed by atoms with Crippen LogP contribution in [0.4, 0.5) is 0 Å². The van der Waals surface area contributed by atoms with Gasteiger partial charge in [0.05, 0.1) is 5.41 Å². The van der Waals surface area contributed by atoms with Crippen molar-refractivity contribution in [3.05, 3.63) is 0 Å². The maximum Gasteiger partial charge on any atom is 0.309 e. The maximum atomic E-state index is 11.8. The Labute approximate surface area is 104 Å². The lowest BCUT2D eigenvalue weighted by atomic mass is 9.65. The summed E-state index contributed by atoms with van der Waals surface area (Å²) in [5, 5.41) is 9.72. The first kappa shape index (κ1) is 12.9. The fourth-order valence-electron chi connectivity index (χ4n) is 3.58. The van der Waals surface area contributed by atoms with Gasteiger partial charge in [-0.25, -0.2) is 0 Å². The molecule has 0 unspecified atom stereocenters. The van der Waals surface area contributed by atoms with Crippen LogP contribution in [-0.2, 0) is 9.53 Å². The van der Waals surface area contributed by atoms with Crippen molar-refractivity contribution in [3.8, 4) is 0 Å². The van der Waals surface area contributed by atoms with E-state index < -0.39 is 11.4 Å². The summed E-state index contributed by atoms with van der Waals surface area (Å²) in [5.41, 5.74) is -0.440. The molecule has 1 N–H and O–H groups in total. The van der Waals surface area contributed by atoms with Crippen LogP contribution in [0.5, 0.6) is 0 Å². The lowest BCUT2D eigenvalue weighted by Crippen LogP contribution is -2.42. The van der Waals surface area contributed by atoms with Gasteiger partial charge >= 0.3 is 5.97 Å². The smallest absolute Gasteiger partial charge is 0.309 e. The Kier molecular flexibility index (Phi) is 4.43. The van der Waals surface area contributed by atoms with Crippen LogP contribution in [0.3, 0.4) is 0 Å². The lowest BCUT2D eigenvalue weighted by Gasteiger charge is -2.40. The van der Waals surface area contributed by atoms with E-state index in [1.165, 1.54) is 19.3 Å². The van der Waals surface area contributed by atoms with Gasteiger partial charge in [0.1, 0.15) is 0 Å². The highest BCUT2D eigenvalue weighted by molar-refractivity contribution is 5.75. The van der Waals surface area contributed by atoms with Gasteiger partial charge in [-0.2, -0.15) is 0 Å². The second kappa shape index (κ2) is 5.85. The van der Waals surface area contributed by atoms with Crippen LogP contribution in [0.15, 0.2) is 0 Å². The fourth-order valence-corrected chi connectivity index (χ4v) is 3.58. The minimum Gasteiger partial charge on any atom is -0.481 e. The summed E-state index contributed by atoms with van der Waals surface area (Å²) in [7, 11) is 0. The van der Waals surface area contributed by atoms with Gasteiger partial charge < -0.3 is 9.84 Å². The van der Waals surface area contributed by atoms with Crippen LogP contribution in [0.1, 0.15) is 57.8 Å². The summed E-state index contributed by atoms with van der Waals surface area (Å²) in [6, 6.07) is 0. The molecule has 3 heteroatoms. The van der Waals surface area contributed by atoms with Gasteiger partial charge in [-0.05, 0) is 31.6 Å². The predicted octanol–water partition coefficient (Wildman–Crippen LogP) is 3.23. The van der Waals surface area contributed by atoms with Gasteiger partial charge in [-0.3, -0.25) is 4.79 Å². The number of carboxylic acid groups (broad SMARTS) is 1. The summed E-state index contributed by atoms with van der Waals surface area (Å²) in [6.45, 7) is 1.50. The first-order chi connectivity index (χ1) is 8.26.